The molecule has 0 bridgehead atoms. The summed E-state index contributed by atoms with van der Waals surface area (Å²) in [5.41, 5.74) is 1.53. The molecule has 0 aliphatic heterocycles. The van der Waals surface area contributed by atoms with Crippen LogP contribution in [-0.2, 0) is 11.3 Å². The fourth-order valence-corrected chi connectivity index (χ4v) is 1.06. The van der Waals surface area contributed by atoms with Crippen LogP contribution in [0.15, 0.2) is 36.5 Å². The molecule has 0 atom stereocenters. The molecule has 0 amide bonds. The Morgan fingerprint density at radius 2 is 2.40 bits per heavy atom. The molecule has 4 heteroatoms. The largest absolute Gasteiger partial charge is 0.478 e. The lowest BCUT2D eigenvalue weighted by Gasteiger charge is -2.00. The Hall–Kier alpha value is -2.28. The van der Waals surface area contributed by atoms with Crippen LogP contribution in [-0.4, -0.2) is 11.1 Å². The number of nitrogens with one attached hydrogen (secondary N) is 1. The van der Waals surface area contributed by atoms with E-state index in [0.29, 0.717) is 12.1 Å². The summed E-state index contributed by atoms with van der Waals surface area (Å²) >= 11 is 0. The van der Waals surface area contributed by atoms with Crippen LogP contribution in [0, 0.1) is 11.3 Å². The highest BCUT2D eigenvalue weighted by molar-refractivity contribution is 5.79. The van der Waals surface area contributed by atoms with E-state index in [2.05, 4.69) is 5.32 Å². The van der Waals surface area contributed by atoms with Crippen LogP contribution in [0.2, 0.25) is 0 Å². The van der Waals surface area contributed by atoms with Gasteiger partial charge in [-0.15, -0.1) is 0 Å². The van der Waals surface area contributed by atoms with E-state index in [1.54, 1.807) is 18.2 Å². The zero-order valence-electron chi connectivity index (χ0n) is 7.97. The van der Waals surface area contributed by atoms with Gasteiger partial charge in [0.25, 0.3) is 0 Å². The molecule has 1 aromatic carbocycles. The number of carboxylic acid groups (broad SMARTS) is 1. The Kier molecular flexibility index (Phi) is 3.92. The molecule has 0 saturated heterocycles. The van der Waals surface area contributed by atoms with Crippen molar-refractivity contribution in [2.24, 2.45) is 0 Å². The van der Waals surface area contributed by atoms with E-state index in [9.17, 15) is 4.79 Å². The van der Waals surface area contributed by atoms with Crippen LogP contribution < -0.4 is 5.32 Å². The van der Waals surface area contributed by atoms with E-state index in [0.717, 1.165) is 11.6 Å². The van der Waals surface area contributed by atoms with Crippen molar-refractivity contribution in [3.8, 4) is 6.07 Å². The molecule has 15 heavy (non-hydrogen) atoms. The summed E-state index contributed by atoms with van der Waals surface area (Å²) in [6.45, 7) is 0.499. The third-order valence-corrected chi connectivity index (χ3v) is 1.71. The second-order valence-electron chi connectivity index (χ2n) is 2.86. The van der Waals surface area contributed by atoms with Crippen LogP contribution in [0.4, 0.5) is 0 Å². The van der Waals surface area contributed by atoms with Crippen molar-refractivity contribution in [2.75, 3.05) is 0 Å². The van der Waals surface area contributed by atoms with Gasteiger partial charge in [-0.3, -0.25) is 0 Å². The van der Waals surface area contributed by atoms with Crippen LogP contribution in [0.25, 0.3) is 0 Å². The first-order chi connectivity index (χ1) is 7.22. The van der Waals surface area contributed by atoms with Gasteiger partial charge in [-0.1, -0.05) is 12.1 Å². The predicted octanol–water partition coefficient (Wildman–Crippen LogP) is 1.25. The topological polar surface area (TPSA) is 73.1 Å². The van der Waals surface area contributed by atoms with Gasteiger partial charge in [0.1, 0.15) is 0 Å². The summed E-state index contributed by atoms with van der Waals surface area (Å²) < 4.78 is 0. The van der Waals surface area contributed by atoms with Crippen molar-refractivity contribution in [3.05, 3.63) is 47.7 Å². The van der Waals surface area contributed by atoms with Crippen LogP contribution in [0.3, 0.4) is 0 Å². The van der Waals surface area contributed by atoms with E-state index in [1.807, 2.05) is 12.1 Å². The van der Waals surface area contributed by atoms with Crippen LogP contribution >= 0.6 is 0 Å². The number of rotatable bonds is 4. The second-order valence-corrected chi connectivity index (χ2v) is 2.86. The lowest BCUT2D eigenvalue weighted by atomic mass is 10.1. The molecule has 0 aliphatic carbocycles. The van der Waals surface area contributed by atoms with E-state index < -0.39 is 5.97 Å². The Balaban J connectivity index is 2.51. The van der Waals surface area contributed by atoms with Crippen LogP contribution in [0.1, 0.15) is 11.1 Å². The van der Waals surface area contributed by atoms with Crippen molar-refractivity contribution < 1.29 is 9.90 Å². The number of benzene rings is 1. The molecule has 0 unspecified atom stereocenters. The third kappa shape index (κ3) is 3.96. The molecule has 0 aromatic heterocycles. The summed E-state index contributed by atoms with van der Waals surface area (Å²) in [6, 6.07) is 9.16. The van der Waals surface area contributed by atoms with Gasteiger partial charge in [-0.05, 0) is 17.7 Å². The van der Waals surface area contributed by atoms with Crippen molar-refractivity contribution in [1.82, 2.24) is 5.32 Å². The van der Waals surface area contributed by atoms with E-state index in [4.69, 9.17) is 10.4 Å². The second kappa shape index (κ2) is 5.45. The quantitative estimate of drug-likeness (QED) is 0.720. The van der Waals surface area contributed by atoms with Crippen molar-refractivity contribution >= 4 is 5.97 Å². The van der Waals surface area contributed by atoms with Gasteiger partial charge in [0.05, 0.1) is 11.6 Å². The fraction of sp³-hybridized carbons (Fsp3) is 0.0909. The molecular weight excluding hydrogens is 192 g/mol. The number of carbonyl (C=O) groups is 1. The van der Waals surface area contributed by atoms with Gasteiger partial charge in [0.2, 0.25) is 0 Å². The maximum atomic E-state index is 10.1. The van der Waals surface area contributed by atoms with E-state index in [1.165, 1.54) is 6.20 Å². The third-order valence-electron chi connectivity index (χ3n) is 1.71. The summed E-state index contributed by atoms with van der Waals surface area (Å²) in [6.07, 6.45) is 2.38. The molecule has 0 aliphatic rings. The van der Waals surface area contributed by atoms with Gasteiger partial charge in [-0.25, -0.2) is 4.79 Å². The number of nitriles is 1. The lowest BCUT2D eigenvalue weighted by Crippen LogP contribution is -2.05. The molecule has 1 rings (SSSR count). The number of carboxylic acids is 1. The first-order valence-corrected chi connectivity index (χ1v) is 4.34. The Bertz CT molecular complexity index is 419. The minimum absolute atomic E-state index is 0.499. The lowest BCUT2D eigenvalue weighted by molar-refractivity contribution is -0.131. The molecular formula is C11H10N2O2. The monoisotopic (exact) mass is 202 g/mol. The normalized spacial score (nSPS) is 9.80. The van der Waals surface area contributed by atoms with Gasteiger partial charge >= 0.3 is 5.97 Å². The SMILES string of the molecule is N#Cc1cccc(CN/C=C/C(=O)O)c1. The minimum atomic E-state index is -0.992. The Morgan fingerprint density at radius 1 is 1.60 bits per heavy atom. The highest BCUT2D eigenvalue weighted by atomic mass is 16.4. The smallest absolute Gasteiger partial charge is 0.329 e. The summed E-state index contributed by atoms with van der Waals surface area (Å²) in [5.74, 6) is -0.992. The van der Waals surface area contributed by atoms with E-state index >= 15 is 0 Å². The van der Waals surface area contributed by atoms with E-state index in [-0.39, 0.29) is 0 Å². The van der Waals surface area contributed by atoms with Gasteiger partial charge in [0.15, 0.2) is 0 Å². The molecule has 0 spiro atoms. The van der Waals surface area contributed by atoms with Crippen molar-refractivity contribution in [3.63, 3.8) is 0 Å². The van der Waals surface area contributed by atoms with Gasteiger partial charge < -0.3 is 10.4 Å². The highest BCUT2D eigenvalue weighted by Gasteiger charge is 1.93. The number of nitrogens with zero attached hydrogens (tertiary/aromatic N) is 1. The average molecular weight is 202 g/mol. The Morgan fingerprint density at radius 3 is 3.07 bits per heavy atom. The predicted molar refractivity (Wildman–Crippen MR) is 54.8 cm³/mol. The molecule has 76 valence electrons. The molecule has 0 fully saturated rings. The minimum Gasteiger partial charge on any atom is -0.478 e. The van der Waals surface area contributed by atoms with Crippen molar-refractivity contribution in [2.45, 2.75) is 6.54 Å². The molecule has 1 aromatic rings. The van der Waals surface area contributed by atoms with Gasteiger partial charge in [-0.2, -0.15) is 5.26 Å². The van der Waals surface area contributed by atoms with Crippen LogP contribution in [0.5, 0.6) is 0 Å². The molecule has 4 nitrogen and oxygen atoms in total. The average Bonchev–Trinajstić information content (AvgIpc) is 2.24. The molecule has 0 saturated carbocycles. The molecule has 0 heterocycles. The fourth-order valence-electron chi connectivity index (χ4n) is 1.06. The number of aliphatic carboxylic acids is 1. The number of hydrogen-bond acceptors (Lipinski definition) is 3. The molecule has 2 N–H and O–H groups in total. The summed E-state index contributed by atoms with van der Waals surface area (Å²) in [7, 11) is 0. The summed E-state index contributed by atoms with van der Waals surface area (Å²) in [5, 5.41) is 19.8. The maximum absolute atomic E-state index is 10.1. The standard InChI is InChI=1S/C11H10N2O2/c12-7-9-2-1-3-10(6-9)8-13-5-4-11(14)15/h1-6,13H,8H2,(H,14,15)/b5-4+. The molecule has 0 radical (unpaired) electrons. The maximum Gasteiger partial charge on any atom is 0.329 e. The first-order valence-electron chi connectivity index (χ1n) is 4.34. The zero-order chi connectivity index (χ0) is 11.1. The van der Waals surface area contributed by atoms with Gasteiger partial charge in [0, 0.05) is 18.8 Å². The Labute approximate surface area is 87.5 Å². The number of hydrogen-bond donors (Lipinski definition) is 2. The van der Waals surface area contributed by atoms with Crippen molar-refractivity contribution in [1.29, 1.82) is 5.26 Å². The summed E-state index contributed by atoms with van der Waals surface area (Å²) in [4.78, 5) is 10.1. The first kappa shape index (κ1) is 10.8. The highest BCUT2D eigenvalue weighted by Crippen LogP contribution is 2.03. The zero-order valence-corrected chi connectivity index (χ0v) is 7.97.